The number of hydrogen-bond acceptors (Lipinski definition) is 6. The maximum Gasteiger partial charge on any atom is 0.338 e. The number of carbonyl (C=O) groups excluding carboxylic acids is 2. The zero-order valence-electron chi connectivity index (χ0n) is 13.7. The fourth-order valence-corrected chi connectivity index (χ4v) is 4.76. The first-order chi connectivity index (χ1) is 11.4. The van der Waals surface area contributed by atoms with Gasteiger partial charge in [0.05, 0.1) is 11.0 Å². The quantitative estimate of drug-likeness (QED) is 0.838. The van der Waals surface area contributed by atoms with Crippen molar-refractivity contribution in [1.29, 1.82) is 0 Å². The summed E-state index contributed by atoms with van der Waals surface area (Å²) in [4.78, 5) is 24.7. The molecule has 1 heterocycles. The molecule has 0 spiro atoms. The Labute approximate surface area is 139 Å². The van der Waals surface area contributed by atoms with Crippen LogP contribution in [0.2, 0.25) is 0 Å². The van der Waals surface area contributed by atoms with Gasteiger partial charge in [0.2, 0.25) is 0 Å². The van der Waals surface area contributed by atoms with Crippen LogP contribution in [0.1, 0.15) is 30.1 Å². The second kappa shape index (κ2) is 4.88. The molecule has 3 aliphatic carbocycles. The van der Waals surface area contributed by atoms with Gasteiger partial charge in [-0.3, -0.25) is 4.79 Å². The Morgan fingerprint density at radius 3 is 2.75 bits per heavy atom. The molecule has 4 bridgehead atoms. The minimum Gasteiger partial charge on any atom is -0.461 e. The summed E-state index contributed by atoms with van der Waals surface area (Å²) in [6.45, 7) is 1.62. The van der Waals surface area contributed by atoms with Crippen molar-refractivity contribution in [3.05, 3.63) is 35.9 Å². The summed E-state index contributed by atoms with van der Waals surface area (Å²) in [5.74, 6) is -0.871. The molecule has 6 heteroatoms. The molecule has 3 saturated carbocycles. The molecule has 1 aromatic carbocycles. The van der Waals surface area contributed by atoms with Crippen LogP contribution in [-0.2, 0) is 19.0 Å². The van der Waals surface area contributed by atoms with Crippen molar-refractivity contribution in [3.8, 4) is 0 Å². The molecule has 128 valence electrons. The zero-order valence-corrected chi connectivity index (χ0v) is 13.7. The average molecular weight is 332 g/mol. The molecule has 5 rings (SSSR count). The lowest BCUT2D eigenvalue weighted by atomic mass is 9.41. The number of hydrogen-bond donors (Lipinski definition) is 1. The molecule has 4 fully saturated rings. The molecule has 0 amide bonds. The lowest BCUT2D eigenvalue weighted by Crippen LogP contribution is -2.77. The van der Waals surface area contributed by atoms with E-state index in [1.54, 1.807) is 31.2 Å². The van der Waals surface area contributed by atoms with E-state index in [0.29, 0.717) is 12.0 Å². The lowest BCUT2D eigenvalue weighted by molar-refractivity contribution is -0.265. The molecule has 6 nitrogen and oxygen atoms in total. The largest absolute Gasteiger partial charge is 0.461 e. The molecular formula is C18H20O6. The normalized spacial score (nSPS) is 42.5. The Hall–Kier alpha value is -1.76. The van der Waals surface area contributed by atoms with Crippen LogP contribution in [-0.4, -0.2) is 48.1 Å². The fourth-order valence-electron chi connectivity index (χ4n) is 4.76. The van der Waals surface area contributed by atoms with E-state index in [1.807, 2.05) is 6.07 Å². The topological polar surface area (TPSA) is 82.1 Å². The van der Waals surface area contributed by atoms with E-state index in [0.717, 1.165) is 0 Å². The number of methoxy groups -OCH3 is 1. The van der Waals surface area contributed by atoms with Crippen LogP contribution >= 0.6 is 0 Å². The van der Waals surface area contributed by atoms with Crippen molar-refractivity contribution in [2.45, 2.75) is 37.3 Å². The number of ether oxygens (including phenoxy) is 3. The van der Waals surface area contributed by atoms with Gasteiger partial charge in [-0.15, -0.1) is 0 Å². The SMILES string of the molecule is CO[C@H]1O[C@@]2(C)CC(=O)[C@@H]3C[C@@]2(O)[C@]13COC(=O)c1ccccc1. The monoisotopic (exact) mass is 332 g/mol. The van der Waals surface area contributed by atoms with Gasteiger partial charge in [-0.05, 0) is 25.5 Å². The summed E-state index contributed by atoms with van der Waals surface area (Å²) in [7, 11) is 1.47. The average Bonchev–Trinajstić information content (AvgIpc) is 2.64. The highest BCUT2D eigenvalue weighted by molar-refractivity contribution is 5.90. The van der Waals surface area contributed by atoms with Crippen molar-refractivity contribution >= 4 is 11.8 Å². The van der Waals surface area contributed by atoms with Gasteiger partial charge < -0.3 is 19.3 Å². The number of fused-ring (bicyclic) bond motifs is 1. The van der Waals surface area contributed by atoms with Gasteiger partial charge in [-0.2, -0.15) is 0 Å². The highest BCUT2D eigenvalue weighted by atomic mass is 16.7. The molecule has 1 aliphatic heterocycles. The van der Waals surface area contributed by atoms with Gasteiger partial charge in [0, 0.05) is 19.4 Å². The number of ketones is 1. The zero-order chi connectivity index (χ0) is 17.2. The molecule has 1 aromatic rings. The number of rotatable bonds is 4. The van der Waals surface area contributed by atoms with Crippen molar-refractivity contribution in [2.24, 2.45) is 11.3 Å². The molecule has 1 N–H and O–H groups in total. The second-order valence-electron chi connectivity index (χ2n) is 7.16. The van der Waals surface area contributed by atoms with E-state index in [-0.39, 0.29) is 18.8 Å². The molecule has 4 aliphatic rings. The smallest absolute Gasteiger partial charge is 0.338 e. The molecule has 0 radical (unpaired) electrons. The Balaban J connectivity index is 1.63. The molecule has 1 saturated heterocycles. The fraction of sp³-hybridized carbons (Fsp3) is 0.556. The van der Waals surface area contributed by atoms with E-state index in [2.05, 4.69) is 0 Å². The molecular weight excluding hydrogens is 312 g/mol. The predicted octanol–water partition coefficient (Wildman–Crippen LogP) is 1.31. The van der Waals surface area contributed by atoms with Crippen LogP contribution in [0.4, 0.5) is 0 Å². The minimum atomic E-state index is -1.23. The lowest BCUT2D eigenvalue weighted by Gasteiger charge is -2.63. The third-order valence-corrected chi connectivity index (χ3v) is 6.12. The van der Waals surface area contributed by atoms with E-state index in [9.17, 15) is 14.7 Å². The molecule has 5 atom stereocenters. The van der Waals surface area contributed by atoms with Crippen LogP contribution in [0, 0.1) is 11.3 Å². The first-order valence-corrected chi connectivity index (χ1v) is 8.06. The van der Waals surface area contributed by atoms with Gasteiger partial charge in [0.1, 0.15) is 23.6 Å². The standard InChI is InChI=1S/C18H20O6/c1-16-9-13(19)12-8-18(16,21)17(12,15(22-2)24-16)10-23-14(20)11-6-4-3-5-7-11/h3-7,12,15,21H,8-10H2,1-2H3/t12-,15-,16-,17-,18-/m0/s1. The highest BCUT2D eigenvalue weighted by Gasteiger charge is 2.85. The van der Waals surface area contributed by atoms with Crippen LogP contribution in [0.25, 0.3) is 0 Å². The van der Waals surface area contributed by atoms with Crippen molar-refractivity contribution in [2.75, 3.05) is 13.7 Å². The van der Waals surface area contributed by atoms with Crippen molar-refractivity contribution in [3.63, 3.8) is 0 Å². The van der Waals surface area contributed by atoms with Gasteiger partial charge in [0.25, 0.3) is 0 Å². The Morgan fingerprint density at radius 2 is 2.08 bits per heavy atom. The number of carbonyl (C=O) groups is 2. The van der Waals surface area contributed by atoms with Crippen LogP contribution in [0.3, 0.4) is 0 Å². The first kappa shape index (κ1) is 15.7. The van der Waals surface area contributed by atoms with Crippen molar-refractivity contribution < 1.29 is 28.9 Å². The maximum absolute atomic E-state index is 12.4. The third-order valence-electron chi connectivity index (χ3n) is 6.12. The number of aliphatic hydroxyl groups is 1. The summed E-state index contributed by atoms with van der Waals surface area (Å²) in [5.41, 5.74) is -2.84. The molecule has 24 heavy (non-hydrogen) atoms. The van der Waals surface area contributed by atoms with E-state index in [1.165, 1.54) is 7.11 Å². The predicted molar refractivity (Wildman–Crippen MR) is 82.1 cm³/mol. The highest BCUT2D eigenvalue weighted by Crippen LogP contribution is 2.72. The van der Waals surface area contributed by atoms with Crippen molar-refractivity contribution in [1.82, 2.24) is 0 Å². The van der Waals surface area contributed by atoms with Crippen LogP contribution in [0.5, 0.6) is 0 Å². The molecule has 0 aromatic heterocycles. The Kier molecular flexibility index (Phi) is 3.20. The number of benzene rings is 1. The minimum absolute atomic E-state index is 0.0312. The summed E-state index contributed by atoms with van der Waals surface area (Å²) in [5, 5.41) is 11.2. The van der Waals surface area contributed by atoms with Crippen LogP contribution < -0.4 is 0 Å². The van der Waals surface area contributed by atoms with Gasteiger partial charge in [-0.1, -0.05) is 18.2 Å². The number of Topliss-reactive ketones (excluding diaryl/α,β-unsaturated/α-hetero) is 1. The first-order valence-electron chi connectivity index (χ1n) is 8.06. The second-order valence-corrected chi connectivity index (χ2v) is 7.16. The van der Waals surface area contributed by atoms with Crippen LogP contribution in [0.15, 0.2) is 30.3 Å². The molecule has 0 unspecified atom stereocenters. The van der Waals surface area contributed by atoms with Gasteiger partial charge in [0.15, 0.2) is 6.29 Å². The Morgan fingerprint density at radius 1 is 1.38 bits per heavy atom. The van der Waals surface area contributed by atoms with E-state index in [4.69, 9.17) is 14.2 Å². The number of esters is 1. The summed E-state index contributed by atoms with van der Waals surface area (Å²) in [6, 6.07) is 8.62. The van der Waals surface area contributed by atoms with E-state index >= 15 is 0 Å². The summed E-state index contributed by atoms with van der Waals surface area (Å²) in [6.07, 6.45) is -0.297. The Bertz CT molecular complexity index is 703. The summed E-state index contributed by atoms with van der Waals surface area (Å²) >= 11 is 0. The maximum atomic E-state index is 12.4. The third kappa shape index (κ3) is 1.66. The van der Waals surface area contributed by atoms with E-state index < -0.39 is 34.8 Å². The van der Waals surface area contributed by atoms with Gasteiger partial charge >= 0.3 is 5.97 Å². The summed E-state index contributed by atoms with van der Waals surface area (Å²) < 4.78 is 16.8. The van der Waals surface area contributed by atoms with Gasteiger partial charge in [-0.25, -0.2) is 4.79 Å².